The van der Waals surface area contributed by atoms with Gasteiger partial charge in [0.25, 0.3) is 0 Å². The fourth-order valence-electron chi connectivity index (χ4n) is 2.05. The van der Waals surface area contributed by atoms with Crippen LogP contribution < -0.4 is 11.5 Å². The topological polar surface area (TPSA) is 98.0 Å². The van der Waals surface area contributed by atoms with Gasteiger partial charge in [-0.1, -0.05) is 17.7 Å². The molecule has 1 aromatic carbocycles. The zero-order valence-corrected chi connectivity index (χ0v) is 11.1. The van der Waals surface area contributed by atoms with E-state index in [0.29, 0.717) is 27.5 Å². The van der Waals surface area contributed by atoms with Crippen LogP contribution in [0.15, 0.2) is 36.4 Å². The summed E-state index contributed by atoms with van der Waals surface area (Å²) in [7, 11) is 0. The summed E-state index contributed by atoms with van der Waals surface area (Å²) < 4.78 is 0. The average Bonchev–Trinajstić information content (AvgIpc) is 2.38. The summed E-state index contributed by atoms with van der Waals surface area (Å²) in [6.07, 6.45) is 0. The van der Waals surface area contributed by atoms with E-state index in [4.69, 9.17) is 23.1 Å². The molecule has 0 atom stereocenters. The van der Waals surface area contributed by atoms with Crippen molar-refractivity contribution in [2.75, 3.05) is 11.5 Å². The van der Waals surface area contributed by atoms with Crippen LogP contribution in [0.4, 0.5) is 11.6 Å². The first-order chi connectivity index (χ1) is 9.54. The number of nitrogens with two attached hydrogens (primary N) is 2. The van der Waals surface area contributed by atoms with E-state index in [2.05, 4.69) is 9.97 Å². The average molecular weight is 287 g/mol. The Labute approximate surface area is 119 Å². The lowest BCUT2D eigenvalue weighted by Gasteiger charge is -2.09. The van der Waals surface area contributed by atoms with Gasteiger partial charge in [-0.15, -0.1) is 0 Å². The van der Waals surface area contributed by atoms with E-state index in [1.807, 2.05) is 6.07 Å². The molecule has 5 N–H and O–H groups in total. The van der Waals surface area contributed by atoms with E-state index in [0.717, 1.165) is 5.39 Å². The number of hydrogen-bond acceptors (Lipinski definition) is 5. The van der Waals surface area contributed by atoms with Crippen LogP contribution in [0, 0.1) is 0 Å². The zero-order chi connectivity index (χ0) is 14.3. The van der Waals surface area contributed by atoms with Crippen LogP contribution in [0.1, 0.15) is 0 Å². The Bertz CT molecular complexity index is 820. The molecule has 0 saturated carbocycles. The number of nitrogens with zero attached hydrogens (tertiary/aromatic N) is 2. The first-order valence-electron chi connectivity index (χ1n) is 5.86. The van der Waals surface area contributed by atoms with Crippen LogP contribution in [-0.2, 0) is 0 Å². The Hall–Kier alpha value is -2.53. The van der Waals surface area contributed by atoms with Gasteiger partial charge in [0, 0.05) is 21.5 Å². The van der Waals surface area contributed by atoms with Gasteiger partial charge < -0.3 is 16.6 Å². The maximum Gasteiger partial charge on any atom is 0.219 e. The van der Waals surface area contributed by atoms with Gasteiger partial charge in [0.2, 0.25) is 5.88 Å². The fourth-order valence-corrected chi connectivity index (χ4v) is 2.21. The van der Waals surface area contributed by atoms with E-state index in [9.17, 15) is 5.11 Å². The fraction of sp³-hybridized carbons (Fsp3) is 0. The highest BCUT2D eigenvalue weighted by atomic mass is 35.5. The Balaban J connectivity index is 2.25. The normalized spacial score (nSPS) is 10.8. The lowest BCUT2D eigenvalue weighted by Crippen LogP contribution is -1.98. The molecular weight excluding hydrogens is 276 g/mol. The first-order valence-corrected chi connectivity index (χ1v) is 6.24. The Kier molecular flexibility index (Phi) is 2.84. The van der Waals surface area contributed by atoms with Crippen molar-refractivity contribution in [3.8, 4) is 17.0 Å². The van der Waals surface area contributed by atoms with Gasteiger partial charge in [-0.05, 0) is 30.3 Å². The number of nitrogen functional groups attached to an aromatic ring is 2. The van der Waals surface area contributed by atoms with Crippen molar-refractivity contribution in [2.45, 2.75) is 0 Å². The van der Waals surface area contributed by atoms with E-state index < -0.39 is 0 Å². The van der Waals surface area contributed by atoms with Crippen LogP contribution in [0.2, 0.25) is 5.02 Å². The smallest absolute Gasteiger partial charge is 0.219 e. The molecular formula is C14H11ClN4O. The number of fused-ring (bicyclic) bond motifs is 1. The molecule has 0 spiro atoms. The van der Waals surface area contributed by atoms with Crippen molar-refractivity contribution >= 4 is 34.1 Å². The van der Waals surface area contributed by atoms with Crippen LogP contribution in [0.3, 0.4) is 0 Å². The van der Waals surface area contributed by atoms with Crippen LogP contribution in [0.5, 0.6) is 5.88 Å². The second-order valence-corrected chi connectivity index (χ2v) is 4.80. The molecule has 100 valence electrons. The number of aromatic nitrogens is 2. The second-order valence-electron chi connectivity index (χ2n) is 4.37. The Morgan fingerprint density at radius 2 is 1.75 bits per heavy atom. The molecule has 0 bridgehead atoms. The summed E-state index contributed by atoms with van der Waals surface area (Å²) in [5.41, 5.74) is 13.1. The highest BCUT2D eigenvalue weighted by molar-refractivity contribution is 6.31. The molecule has 0 unspecified atom stereocenters. The molecule has 0 saturated heterocycles. The SMILES string of the molecule is Nc1ccc(-c2cc3ccc(Cl)cc3nc2O)c(N)n1. The molecule has 0 radical (unpaired) electrons. The summed E-state index contributed by atoms with van der Waals surface area (Å²) in [4.78, 5) is 8.11. The monoisotopic (exact) mass is 286 g/mol. The van der Waals surface area contributed by atoms with E-state index in [-0.39, 0.29) is 11.7 Å². The molecule has 6 heteroatoms. The molecule has 3 rings (SSSR count). The van der Waals surface area contributed by atoms with Crippen LogP contribution in [-0.4, -0.2) is 15.1 Å². The quantitative estimate of drug-likeness (QED) is 0.639. The minimum absolute atomic E-state index is 0.127. The van der Waals surface area contributed by atoms with Gasteiger partial charge >= 0.3 is 0 Å². The third kappa shape index (κ3) is 2.08. The Morgan fingerprint density at radius 1 is 0.950 bits per heavy atom. The van der Waals surface area contributed by atoms with Gasteiger partial charge in [0.05, 0.1) is 5.52 Å². The van der Waals surface area contributed by atoms with Gasteiger partial charge in [-0.3, -0.25) is 0 Å². The maximum atomic E-state index is 10.1. The van der Waals surface area contributed by atoms with Crippen molar-refractivity contribution < 1.29 is 5.11 Å². The first kappa shape index (κ1) is 12.5. The van der Waals surface area contributed by atoms with Crippen molar-refractivity contribution in [1.29, 1.82) is 0 Å². The number of anilines is 2. The standard InChI is InChI=1S/C14H11ClN4O/c15-8-2-1-7-5-10(14(20)18-11(7)6-8)9-3-4-12(16)19-13(9)17/h1-6H,(H,18,20)(H4,16,17,19). The van der Waals surface area contributed by atoms with Crippen LogP contribution >= 0.6 is 11.6 Å². The molecule has 0 amide bonds. The van der Waals surface area contributed by atoms with Crippen molar-refractivity contribution in [2.24, 2.45) is 0 Å². The van der Waals surface area contributed by atoms with Crippen molar-refractivity contribution in [1.82, 2.24) is 9.97 Å². The van der Waals surface area contributed by atoms with Gasteiger partial charge in [0.1, 0.15) is 11.6 Å². The van der Waals surface area contributed by atoms with Crippen molar-refractivity contribution in [3.05, 3.63) is 41.4 Å². The molecule has 20 heavy (non-hydrogen) atoms. The third-order valence-corrected chi connectivity index (χ3v) is 3.23. The Morgan fingerprint density at radius 3 is 2.50 bits per heavy atom. The predicted octanol–water partition coefficient (Wildman–Crippen LogP) is 2.82. The lowest BCUT2D eigenvalue weighted by atomic mass is 10.1. The molecule has 0 aliphatic carbocycles. The number of aromatic hydroxyl groups is 1. The van der Waals surface area contributed by atoms with E-state index >= 15 is 0 Å². The van der Waals surface area contributed by atoms with Gasteiger partial charge in [-0.25, -0.2) is 9.97 Å². The summed E-state index contributed by atoms with van der Waals surface area (Å²) >= 11 is 5.90. The summed E-state index contributed by atoms with van der Waals surface area (Å²) in [5.74, 6) is 0.444. The minimum Gasteiger partial charge on any atom is -0.493 e. The highest BCUT2D eigenvalue weighted by Gasteiger charge is 2.12. The molecule has 0 aliphatic rings. The molecule has 2 aromatic heterocycles. The summed E-state index contributed by atoms with van der Waals surface area (Å²) in [5, 5.41) is 11.5. The summed E-state index contributed by atoms with van der Waals surface area (Å²) in [6.45, 7) is 0. The van der Waals surface area contributed by atoms with Gasteiger partial charge in [0.15, 0.2) is 0 Å². The lowest BCUT2D eigenvalue weighted by molar-refractivity contribution is 0.458. The predicted molar refractivity (Wildman–Crippen MR) is 80.5 cm³/mol. The van der Waals surface area contributed by atoms with Crippen molar-refractivity contribution in [3.63, 3.8) is 0 Å². The number of benzene rings is 1. The molecule has 2 heterocycles. The minimum atomic E-state index is -0.127. The largest absolute Gasteiger partial charge is 0.493 e. The molecule has 5 nitrogen and oxygen atoms in total. The van der Waals surface area contributed by atoms with Gasteiger partial charge in [-0.2, -0.15) is 0 Å². The number of pyridine rings is 2. The molecule has 3 aromatic rings. The third-order valence-electron chi connectivity index (χ3n) is 3.00. The molecule has 0 aliphatic heterocycles. The summed E-state index contributed by atoms with van der Waals surface area (Å²) in [6, 6.07) is 10.4. The highest BCUT2D eigenvalue weighted by Crippen LogP contribution is 2.34. The maximum absolute atomic E-state index is 10.1. The molecule has 0 fully saturated rings. The van der Waals surface area contributed by atoms with Crippen LogP contribution in [0.25, 0.3) is 22.0 Å². The van der Waals surface area contributed by atoms with E-state index in [1.165, 1.54) is 0 Å². The number of hydrogen-bond donors (Lipinski definition) is 3. The zero-order valence-electron chi connectivity index (χ0n) is 10.3. The number of halogens is 1. The number of rotatable bonds is 1. The van der Waals surface area contributed by atoms with E-state index in [1.54, 1.807) is 30.3 Å². The second kappa shape index (κ2) is 4.54.